The van der Waals surface area contributed by atoms with Crippen molar-refractivity contribution in [1.82, 2.24) is 10.3 Å². The van der Waals surface area contributed by atoms with Gasteiger partial charge in [-0.15, -0.1) is 0 Å². The summed E-state index contributed by atoms with van der Waals surface area (Å²) >= 11 is 0. The molecule has 0 aliphatic heterocycles. The summed E-state index contributed by atoms with van der Waals surface area (Å²) in [5.41, 5.74) is 2.32. The largest absolute Gasteiger partial charge is 0.465 e. The first-order valence-electron chi connectivity index (χ1n) is 6.64. The normalized spacial score (nSPS) is 10.3. The van der Waals surface area contributed by atoms with Crippen LogP contribution in [0.15, 0.2) is 0 Å². The number of esters is 1. The lowest BCUT2D eigenvalue weighted by Crippen LogP contribution is -2.25. The Balaban J connectivity index is 2.99. The van der Waals surface area contributed by atoms with Gasteiger partial charge in [0.2, 0.25) is 0 Å². The summed E-state index contributed by atoms with van der Waals surface area (Å²) in [4.78, 5) is 26.8. The van der Waals surface area contributed by atoms with E-state index in [0.29, 0.717) is 29.8 Å². The second-order valence-electron chi connectivity index (χ2n) is 4.43. The lowest BCUT2D eigenvalue weighted by Gasteiger charge is -2.03. The van der Waals surface area contributed by atoms with Crippen LogP contribution in [0, 0.1) is 6.92 Å². The van der Waals surface area contributed by atoms with E-state index in [1.807, 2.05) is 6.92 Å². The van der Waals surface area contributed by atoms with Gasteiger partial charge in [0, 0.05) is 12.2 Å². The minimum absolute atomic E-state index is 0.171. The molecule has 1 heterocycles. The molecule has 0 saturated carbocycles. The van der Waals surface area contributed by atoms with E-state index in [1.165, 1.54) is 7.11 Å². The molecular weight excluding hydrogens is 244 g/mol. The standard InChI is InChI=1S/C14H22N2O3/c1-5-7-8-15-13(17)12-9(3)11(14(18)19-4)10(6-2)16-12/h16H,5-8H2,1-4H3,(H,15,17). The van der Waals surface area contributed by atoms with Gasteiger partial charge in [0.1, 0.15) is 5.69 Å². The number of carbonyl (C=O) groups excluding carboxylic acids is 2. The molecule has 0 spiro atoms. The fourth-order valence-electron chi connectivity index (χ4n) is 2.00. The third-order valence-electron chi connectivity index (χ3n) is 3.11. The molecular formula is C14H22N2O3. The summed E-state index contributed by atoms with van der Waals surface area (Å²) in [6.07, 6.45) is 2.61. The fourth-order valence-corrected chi connectivity index (χ4v) is 2.00. The number of aromatic nitrogens is 1. The van der Waals surface area contributed by atoms with Gasteiger partial charge in [0.05, 0.1) is 12.7 Å². The number of unbranched alkanes of at least 4 members (excludes halogenated alkanes) is 1. The van der Waals surface area contributed by atoms with E-state index in [2.05, 4.69) is 17.2 Å². The van der Waals surface area contributed by atoms with Crippen LogP contribution in [0.4, 0.5) is 0 Å². The van der Waals surface area contributed by atoms with Gasteiger partial charge in [0.15, 0.2) is 0 Å². The van der Waals surface area contributed by atoms with Gasteiger partial charge >= 0.3 is 5.97 Å². The van der Waals surface area contributed by atoms with Crippen molar-refractivity contribution in [3.05, 3.63) is 22.5 Å². The lowest BCUT2D eigenvalue weighted by atomic mass is 10.1. The summed E-state index contributed by atoms with van der Waals surface area (Å²) in [6.45, 7) is 6.40. The zero-order chi connectivity index (χ0) is 14.4. The van der Waals surface area contributed by atoms with Crippen LogP contribution in [-0.4, -0.2) is 30.5 Å². The Morgan fingerprint density at radius 3 is 2.53 bits per heavy atom. The van der Waals surface area contributed by atoms with Crippen LogP contribution in [0.3, 0.4) is 0 Å². The molecule has 0 unspecified atom stereocenters. The van der Waals surface area contributed by atoms with Crippen molar-refractivity contribution in [2.24, 2.45) is 0 Å². The van der Waals surface area contributed by atoms with Crippen LogP contribution in [0.5, 0.6) is 0 Å². The molecule has 0 aliphatic carbocycles. The monoisotopic (exact) mass is 266 g/mol. The van der Waals surface area contributed by atoms with Crippen molar-refractivity contribution in [1.29, 1.82) is 0 Å². The summed E-state index contributed by atoms with van der Waals surface area (Å²) in [6, 6.07) is 0. The second-order valence-corrected chi connectivity index (χ2v) is 4.43. The molecule has 1 aromatic heterocycles. The zero-order valence-electron chi connectivity index (χ0n) is 12.1. The smallest absolute Gasteiger partial charge is 0.339 e. The molecule has 106 valence electrons. The fraction of sp³-hybridized carbons (Fsp3) is 0.571. The molecule has 0 aliphatic rings. The highest BCUT2D eigenvalue weighted by molar-refractivity contribution is 6.00. The van der Waals surface area contributed by atoms with E-state index in [9.17, 15) is 9.59 Å². The van der Waals surface area contributed by atoms with Crippen LogP contribution in [-0.2, 0) is 11.2 Å². The Hall–Kier alpha value is -1.78. The number of nitrogens with one attached hydrogen (secondary N) is 2. The van der Waals surface area contributed by atoms with E-state index in [0.717, 1.165) is 18.5 Å². The van der Waals surface area contributed by atoms with Crippen molar-refractivity contribution >= 4 is 11.9 Å². The number of aromatic amines is 1. The molecule has 0 saturated heterocycles. The molecule has 0 fully saturated rings. The maximum Gasteiger partial charge on any atom is 0.339 e. The number of rotatable bonds is 6. The van der Waals surface area contributed by atoms with E-state index in [1.54, 1.807) is 6.92 Å². The summed E-state index contributed by atoms with van der Waals surface area (Å²) < 4.78 is 4.76. The molecule has 0 bridgehead atoms. The number of ether oxygens (including phenoxy) is 1. The molecule has 0 atom stereocenters. The van der Waals surface area contributed by atoms with Crippen molar-refractivity contribution in [2.45, 2.75) is 40.0 Å². The van der Waals surface area contributed by atoms with Gasteiger partial charge in [-0.3, -0.25) is 4.79 Å². The first-order chi connectivity index (χ1) is 9.06. The Morgan fingerprint density at radius 1 is 1.32 bits per heavy atom. The minimum Gasteiger partial charge on any atom is -0.465 e. The Labute approximate surface area is 113 Å². The van der Waals surface area contributed by atoms with Crippen LogP contribution >= 0.6 is 0 Å². The molecule has 19 heavy (non-hydrogen) atoms. The van der Waals surface area contributed by atoms with Crippen molar-refractivity contribution in [3.8, 4) is 0 Å². The molecule has 0 aromatic carbocycles. The Bertz CT molecular complexity index is 464. The third-order valence-corrected chi connectivity index (χ3v) is 3.11. The number of methoxy groups -OCH3 is 1. The quantitative estimate of drug-likeness (QED) is 0.612. The highest BCUT2D eigenvalue weighted by Gasteiger charge is 2.23. The summed E-state index contributed by atoms with van der Waals surface area (Å²) in [5, 5.41) is 2.84. The van der Waals surface area contributed by atoms with Crippen LogP contribution in [0.25, 0.3) is 0 Å². The highest BCUT2D eigenvalue weighted by Crippen LogP contribution is 2.20. The Morgan fingerprint density at radius 2 is 2.00 bits per heavy atom. The Kier molecular flexibility index (Phi) is 5.60. The number of aryl methyl sites for hydroxylation is 1. The van der Waals surface area contributed by atoms with Crippen molar-refractivity contribution in [2.75, 3.05) is 13.7 Å². The number of amides is 1. The highest BCUT2D eigenvalue weighted by atomic mass is 16.5. The van der Waals surface area contributed by atoms with Gasteiger partial charge < -0.3 is 15.0 Å². The maximum atomic E-state index is 12.0. The molecule has 5 nitrogen and oxygen atoms in total. The summed E-state index contributed by atoms with van der Waals surface area (Å²) in [5.74, 6) is -0.575. The van der Waals surface area contributed by atoms with E-state index in [-0.39, 0.29) is 5.91 Å². The molecule has 1 aromatic rings. The second kappa shape index (κ2) is 6.97. The molecule has 2 N–H and O–H groups in total. The zero-order valence-corrected chi connectivity index (χ0v) is 12.1. The van der Waals surface area contributed by atoms with Crippen LogP contribution < -0.4 is 5.32 Å². The number of hydrogen-bond donors (Lipinski definition) is 2. The summed E-state index contributed by atoms with van der Waals surface area (Å²) in [7, 11) is 1.34. The average molecular weight is 266 g/mol. The number of carbonyl (C=O) groups is 2. The van der Waals surface area contributed by atoms with Gasteiger partial charge in [-0.05, 0) is 25.3 Å². The van der Waals surface area contributed by atoms with E-state index < -0.39 is 5.97 Å². The molecule has 5 heteroatoms. The van der Waals surface area contributed by atoms with Gasteiger partial charge in [-0.25, -0.2) is 4.79 Å². The topological polar surface area (TPSA) is 71.2 Å². The average Bonchev–Trinajstić information content (AvgIpc) is 2.75. The number of H-pyrrole nitrogens is 1. The minimum atomic E-state index is -0.404. The van der Waals surface area contributed by atoms with Crippen LogP contribution in [0.2, 0.25) is 0 Å². The van der Waals surface area contributed by atoms with Crippen molar-refractivity contribution < 1.29 is 14.3 Å². The number of hydrogen-bond acceptors (Lipinski definition) is 3. The maximum absolute atomic E-state index is 12.0. The van der Waals surface area contributed by atoms with E-state index >= 15 is 0 Å². The van der Waals surface area contributed by atoms with Crippen molar-refractivity contribution in [3.63, 3.8) is 0 Å². The first kappa shape index (κ1) is 15.3. The van der Waals surface area contributed by atoms with Gasteiger partial charge in [-0.2, -0.15) is 0 Å². The third kappa shape index (κ3) is 3.36. The predicted molar refractivity (Wildman–Crippen MR) is 73.5 cm³/mol. The SMILES string of the molecule is CCCCNC(=O)c1[nH]c(CC)c(C(=O)OC)c1C. The molecule has 0 radical (unpaired) electrons. The van der Waals surface area contributed by atoms with Gasteiger partial charge in [0.25, 0.3) is 5.91 Å². The molecule has 1 rings (SSSR count). The van der Waals surface area contributed by atoms with Gasteiger partial charge in [-0.1, -0.05) is 20.3 Å². The lowest BCUT2D eigenvalue weighted by molar-refractivity contribution is 0.0599. The molecule has 1 amide bonds. The first-order valence-corrected chi connectivity index (χ1v) is 6.64. The van der Waals surface area contributed by atoms with Crippen LogP contribution in [0.1, 0.15) is 58.8 Å². The van der Waals surface area contributed by atoms with E-state index in [4.69, 9.17) is 4.74 Å². The predicted octanol–water partition coefficient (Wildman–Crippen LogP) is 2.20.